The van der Waals surface area contributed by atoms with Gasteiger partial charge in [0.15, 0.2) is 0 Å². The summed E-state index contributed by atoms with van der Waals surface area (Å²) in [4.78, 5) is 16.5. The minimum atomic E-state index is -0.137. The molecule has 0 unspecified atom stereocenters. The number of carbonyl (C=O) groups excluding carboxylic acids is 1. The minimum Gasteiger partial charge on any atom is -0.308 e. The highest BCUT2D eigenvalue weighted by molar-refractivity contribution is 6.42. The summed E-state index contributed by atoms with van der Waals surface area (Å²) in [6.07, 6.45) is 7.67. The van der Waals surface area contributed by atoms with Gasteiger partial charge in [0.05, 0.1) is 10.0 Å². The van der Waals surface area contributed by atoms with Crippen LogP contribution in [0.3, 0.4) is 0 Å². The van der Waals surface area contributed by atoms with Crippen LogP contribution in [-0.2, 0) is 4.79 Å². The molecule has 3 rings (SSSR count). The van der Waals surface area contributed by atoms with Crippen LogP contribution in [0.1, 0.15) is 37.7 Å². The van der Waals surface area contributed by atoms with Crippen LogP contribution in [-0.4, -0.2) is 11.7 Å². The summed E-state index contributed by atoms with van der Waals surface area (Å²) in [5, 5.41) is 3.88. The molecule has 2 aliphatic rings. The number of benzene rings is 1. The summed E-state index contributed by atoms with van der Waals surface area (Å²) in [6.45, 7) is 0. The van der Waals surface area contributed by atoms with Gasteiger partial charge in [0.25, 0.3) is 5.91 Å². The number of amidine groups is 1. The van der Waals surface area contributed by atoms with Gasteiger partial charge in [0, 0.05) is 5.92 Å². The second kappa shape index (κ2) is 6.20. The Morgan fingerprint density at radius 1 is 1.14 bits per heavy atom. The van der Waals surface area contributed by atoms with Crippen LogP contribution in [0.4, 0.5) is 0 Å². The average molecular weight is 323 g/mol. The van der Waals surface area contributed by atoms with Gasteiger partial charge in [-0.2, -0.15) is 0 Å². The Labute approximate surface area is 134 Å². The van der Waals surface area contributed by atoms with E-state index in [0.29, 0.717) is 21.7 Å². The molecule has 0 saturated heterocycles. The van der Waals surface area contributed by atoms with Crippen LogP contribution in [0.2, 0.25) is 10.0 Å². The van der Waals surface area contributed by atoms with E-state index in [1.807, 2.05) is 6.07 Å². The van der Waals surface area contributed by atoms with Crippen LogP contribution >= 0.6 is 23.2 Å². The van der Waals surface area contributed by atoms with E-state index in [2.05, 4.69) is 10.3 Å². The summed E-state index contributed by atoms with van der Waals surface area (Å²) in [6, 6.07) is 5.27. The van der Waals surface area contributed by atoms with Gasteiger partial charge < -0.3 is 5.32 Å². The zero-order valence-corrected chi connectivity index (χ0v) is 13.0. The molecule has 110 valence electrons. The Bertz CT molecular complexity index is 631. The van der Waals surface area contributed by atoms with E-state index in [4.69, 9.17) is 23.2 Å². The number of aliphatic imine (C=N–C) groups is 1. The molecule has 5 heteroatoms. The van der Waals surface area contributed by atoms with E-state index < -0.39 is 0 Å². The van der Waals surface area contributed by atoms with E-state index in [9.17, 15) is 4.79 Å². The normalized spacial score (nSPS) is 21.5. The van der Waals surface area contributed by atoms with Crippen LogP contribution < -0.4 is 5.32 Å². The van der Waals surface area contributed by atoms with Crippen molar-refractivity contribution in [3.8, 4) is 0 Å². The van der Waals surface area contributed by atoms with Gasteiger partial charge in [-0.25, -0.2) is 4.99 Å². The molecule has 1 saturated carbocycles. The number of nitrogens with zero attached hydrogens (tertiary/aromatic N) is 1. The maximum absolute atomic E-state index is 12.0. The number of hydrogen-bond acceptors (Lipinski definition) is 2. The van der Waals surface area contributed by atoms with Crippen LogP contribution in [0, 0.1) is 5.92 Å². The van der Waals surface area contributed by atoms with Gasteiger partial charge in [-0.05, 0) is 36.6 Å². The topological polar surface area (TPSA) is 41.5 Å². The van der Waals surface area contributed by atoms with Crippen LogP contribution in [0.5, 0.6) is 0 Å². The van der Waals surface area contributed by atoms with Gasteiger partial charge >= 0.3 is 0 Å². The Kier molecular flexibility index (Phi) is 4.32. The molecule has 1 fully saturated rings. The van der Waals surface area contributed by atoms with E-state index in [1.54, 1.807) is 18.2 Å². The number of halogens is 2. The predicted octanol–water partition coefficient (Wildman–Crippen LogP) is 4.44. The number of hydrogen-bond donors (Lipinski definition) is 1. The van der Waals surface area contributed by atoms with Crippen molar-refractivity contribution in [2.75, 3.05) is 0 Å². The number of nitrogens with one attached hydrogen (secondary N) is 1. The lowest BCUT2D eigenvalue weighted by molar-refractivity contribution is -0.115. The van der Waals surface area contributed by atoms with E-state index in [-0.39, 0.29) is 5.91 Å². The third kappa shape index (κ3) is 3.30. The summed E-state index contributed by atoms with van der Waals surface area (Å²) >= 11 is 11.9. The lowest BCUT2D eigenvalue weighted by Gasteiger charge is -2.20. The number of amides is 1. The number of rotatable bonds is 2. The lowest BCUT2D eigenvalue weighted by atomic mass is 9.88. The van der Waals surface area contributed by atoms with Gasteiger partial charge in [-0.15, -0.1) is 0 Å². The molecule has 0 spiro atoms. The van der Waals surface area contributed by atoms with Crippen molar-refractivity contribution in [3.63, 3.8) is 0 Å². The zero-order chi connectivity index (χ0) is 14.8. The van der Waals surface area contributed by atoms with Crippen molar-refractivity contribution in [1.29, 1.82) is 0 Å². The predicted molar refractivity (Wildman–Crippen MR) is 86.6 cm³/mol. The molecule has 1 aromatic rings. The Hall–Kier alpha value is -1.32. The monoisotopic (exact) mass is 322 g/mol. The van der Waals surface area contributed by atoms with Crippen molar-refractivity contribution in [2.24, 2.45) is 10.9 Å². The maximum Gasteiger partial charge on any atom is 0.275 e. The smallest absolute Gasteiger partial charge is 0.275 e. The fraction of sp³-hybridized carbons (Fsp3) is 0.375. The fourth-order valence-corrected chi connectivity index (χ4v) is 3.12. The van der Waals surface area contributed by atoms with Gasteiger partial charge in [-0.1, -0.05) is 48.5 Å². The van der Waals surface area contributed by atoms with Crippen molar-refractivity contribution in [1.82, 2.24) is 5.32 Å². The molecule has 1 aliphatic heterocycles. The molecule has 0 bridgehead atoms. The summed E-state index contributed by atoms with van der Waals surface area (Å²) in [7, 11) is 0. The van der Waals surface area contributed by atoms with Gasteiger partial charge in [-0.3, -0.25) is 4.79 Å². The molecular formula is C16H16Cl2N2O. The van der Waals surface area contributed by atoms with Gasteiger partial charge in [0.1, 0.15) is 11.5 Å². The lowest BCUT2D eigenvalue weighted by Crippen LogP contribution is -2.31. The molecule has 21 heavy (non-hydrogen) atoms. The van der Waals surface area contributed by atoms with Crippen molar-refractivity contribution >= 4 is 41.0 Å². The second-order valence-corrected chi connectivity index (χ2v) is 6.30. The molecule has 1 aromatic carbocycles. The zero-order valence-electron chi connectivity index (χ0n) is 11.5. The second-order valence-electron chi connectivity index (χ2n) is 5.49. The highest BCUT2D eigenvalue weighted by atomic mass is 35.5. The van der Waals surface area contributed by atoms with Crippen molar-refractivity contribution in [3.05, 3.63) is 39.5 Å². The third-order valence-electron chi connectivity index (χ3n) is 3.95. The van der Waals surface area contributed by atoms with Gasteiger partial charge in [0.2, 0.25) is 0 Å². The third-order valence-corrected chi connectivity index (χ3v) is 4.69. The highest BCUT2D eigenvalue weighted by Gasteiger charge is 2.27. The standard InChI is InChI=1S/C16H16Cl2N2O/c17-12-7-6-10(8-13(12)18)9-14-16(21)20-15(19-14)11-4-2-1-3-5-11/h6-9,11H,1-5H2,(H,19,20,21)/b14-9+. The fourth-order valence-electron chi connectivity index (χ4n) is 2.82. The summed E-state index contributed by atoms with van der Waals surface area (Å²) in [5.41, 5.74) is 1.26. The van der Waals surface area contributed by atoms with Crippen molar-refractivity contribution < 1.29 is 4.79 Å². The molecule has 1 amide bonds. The molecule has 0 atom stereocenters. The quantitative estimate of drug-likeness (QED) is 0.803. The minimum absolute atomic E-state index is 0.137. The van der Waals surface area contributed by atoms with E-state index >= 15 is 0 Å². The molecule has 0 aromatic heterocycles. The molecule has 1 N–H and O–H groups in total. The SMILES string of the molecule is O=C1NC(C2CCCCC2)=N/C1=C/c1ccc(Cl)c(Cl)c1. The van der Waals surface area contributed by atoms with E-state index in [0.717, 1.165) is 24.2 Å². The largest absolute Gasteiger partial charge is 0.308 e. The maximum atomic E-state index is 12.0. The first-order chi connectivity index (χ1) is 10.1. The first kappa shape index (κ1) is 14.6. The molecule has 1 heterocycles. The molecule has 1 aliphatic carbocycles. The Morgan fingerprint density at radius 2 is 1.90 bits per heavy atom. The molecule has 3 nitrogen and oxygen atoms in total. The number of carbonyl (C=O) groups is 1. The first-order valence-electron chi connectivity index (χ1n) is 7.20. The Morgan fingerprint density at radius 3 is 2.62 bits per heavy atom. The van der Waals surface area contributed by atoms with Crippen LogP contribution in [0.25, 0.3) is 6.08 Å². The van der Waals surface area contributed by atoms with E-state index in [1.165, 1.54) is 19.3 Å². The molecule has 0 radical (unpaired) electrons. The first-order valence-corrected chi connectivity index (χ1v) is 7.96. The average Bonchev–Trinajstić information content (AvgIpc) is 2.85. The molecular weight excluding hydrogens is 307 g/mol. The van der Waals surface area contributed by atoms with Crippen LogP contribution in [0.15, 0.2) is 28.9 Å². The highest BCUT2D eigenvalue weighted by Crippen LogP contribution is 2.28. The summed E-state index contributed by atoms with van der Waals surface area (Å²) < 4.78 is 0. The van der Waals surface area contributed by atoms with Crippen molar-refractivity contribution in [2.45, 2.75) is 32.1 Å². The Balaban J connectivity index is 1.83. The summed E-state index contributed by atoms with van der Waals surface area (Å²) in [5.74, 6) is 1.08.